The lowest BCUT2D eigenvalue weighted by atomic mass is 10.1. The highest BCUT2D eigenvalue weighted by atomic mass is 79.9. The number of halogens is 1. The topological polar surface area (TPSA) is 77.7 Å². The molecular formula is C17H24BrN3O4. The minimum atomic E-state index is -0.485. The Morgan fingerprint density at radius 1 is 1.44 bits per heavy atom. The van der Waals surface area contributed by atoms with E-state index < -0.39 is 10.5 Å². The van der Waals surface area contributed by atoms with E-state index in [1.54, 1.807) is 6.07 Å². The van der Waals surface area contributed by atoms with E-state index in [4.69, 9.17) is 9.47 Å². The summed E-state index contributed by atoms with van der Waals surface area (Å²) < 4.78 is 12.6. The fourth-order valence-electron chi connectivity index (χ4n) is 3.18. The van der Waals surface area contributed by atoms with Gasteiger partial charge in [-0.1, -0.05) is 0 Å². The molecule has 2 fully saturated rings. The fraction of sp³-hybridized carbons (Fsp3) is 0.706. The van der Waals surface area contributed by atoms with Crippen molar-refractivity contribution >= 4 is 27.4 Å². The van der Waals surface area contributed by atoms with Crippen LogP contribution in [0, 0.1) is 10.1 Å². The Morgan fingerprint density at radius 2 is 2.20 bits per heavy atom. The zero-order chi connectivity index (χ0) is 18.0. The van der Waals surface area contributed by atoms with Crippen LogP contribution in [0.25, 0.3) is 0 Å². The van der Waals surface area contributed by atoms with Gasteiger partial charge in [0.05, 0.1) is 10.1 Å². The van der Waals surface area contributed by atoms with E-state index >= 15 is 0 Å². The van der Waals surface area contributed by atoms with Crippen molar-refractivity contribution in [1.82, 2.24) is 4.98 Å². The van der Waals surface area contributed by atoms with Crippen molar-refractivity contribution in [2.75, 3.05) is 18.1 Å². The fourth-order valence-corrected chi connectivity index (χ4v) is 3.50. The molecule has 0 amide bonds. The van der Waals surface area contributed by atoms with Crippen LogP contribution >= 0.6 is 15.9 Å². The summed E-state index contributed by atoms with van der Waals surface area (Å²) in [5.74, 6) is -0.111. The molecular weight excluding hydrogens is 390 g/mol. The lowest BCUT2D eigenvalue weighted by molar-refractivity contribution is -0.388. The maximum atomic E-state index is 11.4. The minimum Gasteiger partial charge on any atom is -0.359 e. The standard InChI is InChI=1S/C17H24BrN3O4/c1-17(2,25-15-5-3-4-8-24-15)11-20(13-6-7-13)14-9-12(18)10-19-16(14)21(22)23/h9-10,13,15H,3-8,11H2,1-2H3. The van der Waals surface area contributed by atoms with Crippen LogP contribution in [0.1, 0.15) is 46.0 Å². The molecule has 25 heavy (non-hydrogen) atoms. The lowest BCUT2D eigenvalue weighted by Gasteiger charge is -2.37. The van der Waals surface area contributed by atoms with Crippen LogP contribution in [0.15, 0.2) is 16.7 Å². The average molecular weight is 414 g/mol. The highest BCUT2D eigenvalue weighted by molar-refractivity contribution is 9.10. The molecule has 0 N–H and O–H groups in total. The van der Waals surface area contributed by atoms with E-state index in [-0.39, 0.29) is 12.1 Å². The number of anilines is 1. The van der Waals surface area contributed by atoms with Crippen molar-refractivity contribution < 1.29 is 14.4 Å². The van der Waals surface area contributed by atoms with Gasteiger partial charge >= 0.3 is 5.82 Å². The molecule has 0 spiro atoms. The van der Waals surface area contributed by atoms with Crippen molar-refractivity contribution in [2.24, 2.45) is 0 Å². The van der Waals surface area contributed by atoms with Crippen molar-refractivity contribution in [3.8, 4) is 0 Å². The van der Waals surface area contributed by atoms with E-state index in [9.17, 15) is 10.1 Å². The van der Waals surface area contributed by atoms with Crippen LogP contribution < -0.4 is 4.90 Å². The molecule has 8 heteroatoms. The van der Waals surface area contributed by atoms with Crippen molar-refractivity contribution in [2.45, 2.75) is 63.9 Å². The summed E-state index contributed by atoms with van der Waals surface area (Å²) in [4.78, 5) is 17.1. The zero-order valence-electron chi connectivity index (χ0n) is 14.6. The van der Waals surface area contributed by atoms with Gasteiger partial charge in [0.2, 0.25) is 0 Å². The first-order valence-electron chi connectivity index (χ1n) is 8.72. The molecule has 0 radical (unpaired) electrons. The number of hydrogen-bond acceptors (Lipinski definition) is 6. The number of pyridine rings is 1. The smallest absolute Gasteiger partial charge is 0.359 e. The zero-order valence-corrected chi connectivity index (χ0v) is 16.2. The molecule has 7 nitrogen and oxygen atoms in total. The molecule has 2 aliphatic rings. The SMILES string of the molecule is CC(C)(CN(c1cc(Br)cnc1[N+](=O)[O-])C1CC1)OC1CCCCO1. The van der Waals surface area contributed by atoms with Gasteiger partial charge in [0.15, 0.2) is 12.5 Å². The van der Waals surface area contributed by atoms with Crippen LogP contribution in [-0.4, -0.2) is 41.0 Å². The summed E-state index contributed by atoms with van der Waals surface area (Å²) in [6, 6.07) is 2.07. The number of rotatable bonds is 7. The molecule has 3 rings (SSSR count). The first kappa shape index (κ1) is 18.5. The van der Waals surface area contributed by atoms with E-state index in [0.29, 0.717) is 18.3 Å². The molecule has 1 aliphatic carbocycles. The van der Waals surface area contributed by atoms with Gasteiger partial charge < -0.3 is 24.5 Å². The summed E-state index contributed by atoms with van der Waals surface area (Å²) >= 11 is 3.38. The normalized spacial score (nSPS) is 21.2. The van der Waals surface area contributed by atoms with Crippen LogP contribution in [-0.2, 0) is 9.47 Å². The number of ether oxygens (including phenoxy) is 2. The van der Waals surface area contributed by atoms with Gasteiger partial charge in [0, 0.05) is 19.2 Å². The number of nitro groups is 1. The number of hydrogen-bond donors (Lipinski definition) is 0. The first-order valence-corrected chi connectivity index (χ1v) is 9.51. The third-order valence-corrected chi connectivity index (χ3v) is 4.86. The molecule has 138 valence electrons. The molecule has 1 saturated heterocycles. The largest absolute Gasteiger partial charge is 0.387 e. The van der Waals surface area contributed by atoms with Crippen LogP contribution in [0.4, 0.5) is 11.5 Å². The molecule has 2 heterocycles. The second-order valence-electron chi connectivity index (χ2n) is 7.29. The van der Waals surface area contributed by atoms with Crippen LogP contribution in [0.2, 0.25) is 0 Å². The molecule has 0 bridgehead atoms. The van der Waals surface area contributed by atoms with Gasteiger partial charge in [-0.15, -0.1) is 0 Å². The van der Waals surface area contributed by atoms with Gasteiger partial charge in [-0.3, -0.25) is 0 Å². The van der Waals surface area contributed by atoms with E-state index in [1.807, 2.05) is 13.8 Å². The Morgan fingerprint density at radius 3 is 2.80 bits per heavy atom. The minimum absolute atomic E-state index is 0.111. The molecule has 1 saturated carbocycles. The van der Waals surface area contributed by atoms with E-state index in [0.717, 1.165) is 43.2 Å². The van der Waals surface area contributed by atoms with Crippen molar-refractivity contribution in [3.05, 3.63) is 26.9 Å². The average Bonchev–Trinajstić information content (AvgIpc) is 3.37. The summed E-state index contributed by atoms with van der Waals surface area (Å²) in [6.07, 6.45) is 6.40. The monoisotopic (exact) mass is 413 g/mol. The molecule has 0 aromatic carbocycles. The molecule has 1 atom stereocenters. The van der Waals surface area contributed by atoms with Gasteiger partial charge in [0.25, 0.3) is 0 Å². The molecule has 1 aromatic heterocycles. The first-order chi connectivity index (χ1) is 11.9. The van der Waals surface area contributed by atoms with Gasteiger partial charge in [-0.25, -0.2) is 0 Å². The molecule has 1 aromatic rings. The summed E-state index contributed by atoms with van der Waals surface area (Å²) in [5, 5.41) is 11.4. The summed E-state index contributed by atoms with van der Waals surface area (Å²) in [6.45, 7) is 5.31. The predicted molar refractivity (Wildman–Crippen MR) is 97.7 cm³/mol. The van der Waals surface area contributed by atoms with E-state index in [1.165, 1.54) is 6.20 Å². The second-order valence-corrected chi connectivity index (χ2v) is 8.20. The van der Waals surface area contributed by atoms with Crippen molar-refractivity contribution in [3.63, 3.8) is 0 Å². The Bertz CT molecular complexity index is 630. The maximum Gasteiger partial charge on any atom is 0.387 e. The third-order valence-electron chi connectivity index (χ3n) is 4.42. The number of nitrogens with zero attached hydrogens (tertiary/aromatic N) is 3. The highest BCUT2D eigenvalue weighted by Crippen LogP contribution is 2.38. The Kier molecular flexibility index (Phi) is 5.60. The van der Waals surface area contributed by atoms with Gasteiger partial charge in [-0.05, 0) is 77.9 Å². The molecule has 1 unspecified atom stereocenters. The Hall–Kier alpha value is -1.25. The highest BCUT2D eigenvalue weighted by Gasteiger charge is 2.38. The summed E-state index contributed by atoms with van der Waals surface area (Å²) in [5.41, 5.74) is 0.0592. The molecule has 1 aliphatic heterocycles. The Balaban J connectivity index is 1.79. The Labute approximate surface area is 156 Å². The van der Waals surface area contributed by atoms with Crippen molar-refractivity contribution in [1.29, 1.82) is 0 Å². The summed E-state index contributed by atoms with van der Waals surface area (Å²) in [7, 11) is 0. The predicted octanol–water partition coefficient (Wildman–Crippen LogP) is 4.04. The van der Waals surface area contributed by atoms with Crippen LogP contribution in [0.3, 0.4) is 0 Å². The second kappa shape index (κ2) is 7.55. The van der Waals surface area contributed by atoms with Gasteiger partial charge in [0.1, 0.15) is 5.69 Å². The lowest BCUT2D eigenvalue weighted by Crippen LogP contribution is -2.45. The van der Waals surface area contributed by atoms with Gasteiger partial charge in [-0.2, -0.15) is 0 Å². The van der Waals surface area contributed by atoms with E-state index in [2.05, 4.69) is 25.8 Å². The third kappa shape index (κ3) is 4.89. The quantitative estimate of drug-likeness (QED) is 0.495. The van der Waals surface area contributed by atoms with Crippen LogP contribution in [0.5, 0.6) is 0 Å². The maximum absolute atomic E-state index is 11.4. The number of aromatic nitrogens is 1.